The monoisotopic (exact) mass is 288 g/mol. The summed E-state index contributed by atoms with van der Waals surface area (Å²) in [4.78, 5) is 12.0. The smallest absolute Gasteiger partial charge is 0.322 e. The van der Waals surface area contributed by atoms with Gasteiger partial charge in [0.2, 0.25) is 11.2 Å². The Morgan fingerprint density at radius 3 is 2.68 bits per heavy atom. The molecule has 0 aliphatic rings. The zero-order valence-corrected chi connectivity index (χ0v) is 12.2. The minimum absolute atomic E-state index is 0.107. The molecule has 0 bridgehead atoms. The maximum absolute atomic E-state index is 9.01. The number of nitrogens with one attached hydrogen (secondary N) is 1. The molecule has 0 amide bonds. The summed E-state index contributed by atoms with van der Waals surface area (Å²) >= 11 is 5.80. The first-order chi connectivity index (χ1) is 9.19. The van der Waals surface area contributed by atoms with Crippen molar-refractivity contribution in [3.63, 3.8) is 0 Å². The Hall–Kier alpha value is -1.14. The number of nitrogens with zero attached hydrogens (tertiary/aromatic N) is 3. The van der Waals surface area contributed by atoms with E-state index in [4.69, 9.17) is 21.4 Å². The van der Waals surface area contributed by atoms with E-state index in [9.17, 15) is 0 Å². The van der Waals surface area contributed by atoms with E-state index in [2.05, 4.69) is 27.2 Å². The second-order valence-corrected chi connectivity index (χ2v) is 4.53. The zero-order chi connectivity index (χ0) is 14.1. The maximum Gasteiger partial charge on any atom is 0.322 e. The van der Waals surface area contributed by atoms with E-state index in [0.29, 0.717) is 25.0 Å². The van der Waals surface area contributed by atoms with E-state index in [1.54, 1.807) is 0 Å². The van der Waals surface area contributed by atoms with Crippen LogP contribution in [0.2, 0.25) is 5.28 Å². The van der Waals surface area contributed by atoms with Crippen LogP contribution in [0.25, 0.3) is 0 Å². The van der Waals surface area contributed by atoms with Gasteiger partial charge in [0.05, 0.1) is 6.61 Å². The molecule has 0 aromatic carbocycles. The van der Waals surface area contributed by atoms with Crippen molar-refractivity contribution in [3.8, 4) is 6.01 Å². The highest BCUT2D eigenvalue weighted by atomic mass is 35.5. The third-order valence-electron chi connectivity index (χ3n) is 2.64. The van der Waals surface area contributed by atoms with Crippen LogP contribution in [-0.4, -0.2) is 39.8 Å². The zero-order valence-electron chi connectivity index (χ0n) is 11.4. The number of aromatic nitrogens is 3. The van der Waals surface area contributed by atoms with Gasteiger partial charge in [-0.3, -0.25) is 0 Å². The van der Waals surface area contributed by atoms with E-state index >= 15 is 0 Å². The first kappa shape index (κ1) is 15.9. The molecule has 1 atom stereocenters. The number of halogens is 1. The van der Waals surface area contributed by atoms with Gasteiger partial charge in [0.1, 0.15) is 0 Å². The van der Waals surface area contributed by atoms with Gasteiger partial charge in [-0.05, 0) is 37.3 Å². The summed E-state index contributed by atoms with van der Waals surface area (Å²) in [7, 11) is 0. The average Bonchev–Trinajstić information content (AvgIpc) is 2.36. The molecule has 0 radical (unpaired) electrons. The highest BCUT2D eigenvalue weighted by Gasteiger charge is 2.10. The molecule has 0 saturated carbocycles. The molecule has 19 heavy (non-hydrogen) atoms. The third-order valence-corrected chi connectivity index (χ3v) is 2.81. The molecule has 108 valence electrons. The van der Waals surface area contributed by atoms with E-state index < -0.39 is 0 Å². The molecule has 0 aliphatic carbocycles. The van der Waals surface area contributed by atoms with Crippen molar-refractivity contribution in [1.29, 1.82) is 0 Å². The quantitative estimate of drug-likeness (QED) is 0.725. The Morgan fingerprint density at radius 1 is 1.26 bits per heavy atom. The summed E-state index contributed by atoms with van der Waals surface area (Å²) in [5.74, 6) is 0.795. The van der Waals surface area contributed by atoms with Crippen molar-refractivity contribution in [2.45, 2.75) is 33.1 Å². The Kier molecular flexibility index (Phi) is 7.43. The number of aliphatic hydroxyl groups is 1. The largest absolute Gasteiger partial charge is 0.464 e. The predicted molar refractivity (Wildman–Crippen MR) is 74.6 cm³/mol. The van der Waals surface area contributed by atoms with E-state index in [1.165, 1.54) is 0 Å². The lowest BCUT2D eigenvalue weighted by atomic mass is 10.0. The van der Waals surface area contributed by atoms with Crippen LogP contribution in [-0.2, 0) is 0 Å². The van der Waals surface area contributed by atoms with Crippen LogP contribution in [0.4, 0.5) is 5.95 Å². The predicted octanol–water partition coefficient (Wildman–Crippen LogP) is 2.13. The average molecular weight is 289 g/mol. The number of hydrogen-bond donors (Lipinski definition) is 2. The van der Waals surface area contributed by atoms with Crippen LogP contribution in [0.3, 0.4) is 0 Å². The number of aliphatic hydroxyl groups excluding tert-OH is 1. The summed E-state index contributed by atoms with van der Waals surface area (Å²) in [6.45, 7) is 5.33. The Bertz CT molecular complexity index is 373. The van der Waals surface area contributed by atoms with Gasteiger partial charge in [-0.25, -0.2) is 0 Å². The van der Waals surface area contributed by atoms with Crippen LogP contribution < -0.4 is 10.1 Å². The van der Waals surface area contributed by atoms with Crippen molar-refractivity contribution >= 4 is 17.5 Å². The molecule has 0 aliphatic heterocycles. The van der Waals surface area contributed by atoms with Crippen molar-refractivity contribution < 1.29 is 9.84 Å². The topological polar surface area (TPSA) is 80.2 Å². The van der Waals surface area contributed by atoms with Gasteiger partial charge in [-0.2, -0.15) is 15.0 Å². The van der Waals surface area contributed by atoms with Crippen LogP contribution in [0.5, 0.6) is 6.01 Å². The summed E-state index contributed by atoms with van der Waals surface area (Å²) in [5.41, 5.74) is 0. The SMILES string of the molecule is CCCC(CCO)CNc1nc(Cl)nc(OCC)n1. The minimum atomic E-state index is 0.107. The van der Waals surface area contributed by atoms with Crippen molar-refractivity contribution in [2.75, 3.05) is 25.1 Å². The van der Waals surface area contributed by atoms with Crippen molar-refractivity contribution in [2.24, 2.45) is 5.92 Å². The van der Waals surface area contributed by atoms with Crippen molar-refractivity contribution in [1.82, 2.24) is 15.0 Å². The Balaban J connectivity index is 2.59. The van der Waals surface area contributed by atoms with E-state index in [-0.39, 0.29) is 17.9 Å². The lowest BCUT2D eigenvalue weighted by Gasteiger charge is -2.15. The maximum atomic E-state index is 9.01. The fourth-order valence-electron chi connectivity index (χ4n) is 1.78. The van der Waals surface area contributed by atoms with E-state index in [1.807, 2.05) is 6.92 Å². The molecule has 0 fully saturated rings. The molecule has 1 aromatic rings. The normalized spacial score (nSPS) is 12.2. The molecular weight excluding hydrogens is 268 g/mol. The summed E-state index contributed by atoms with van der Waals surface area (Å²) in [6.07, 6.45) is 2.89. The summed E-state index contributed by atoms with van der Waals surface area (Å²) in [6, 6.07) is 0.221. The molecule has 1 heterocycles. The van der Waals surface area contributed by atoms with Crippen LogP contribution in [0, 0.1) is 5.92 Å². The van der Waals surface area contributed by atoms with Gasteiger partial charge in [0, 0.05) is 13.2 Å². The molecule has 7 heteroatoms. The molecule has 0 spiro atoms. The lowest BCUT2D eigenvalue weighted by Crippen LogP contribution is -2.17. The highest BCUT2D eigenvalue weighted by Crippen LogP contribution is 2.14. The van der Waals surface area contributed by atoms with Crippen LogP contribution >= 0.6 is 11.6 Å². The number of hydrogen-bond acceptors (Lipinski definition) is 6. The highest BCUT2D eigenvalue weighted by molar-refractivity contribution is 6.28. The number of rotatable bonds is 9. The van der Waals surface area contributed by atoms with Gasteiger partial charge in [0.15, 0.2) is 0 Å². The fraction of sp³-hybridized carbons (Fsp3) is 0.750. The number of ether oxygens (including phenoxy) is 1. The molecule has 1 aromatic heterocycles. The summed E-state index contributed by atoms with van der Waals surface area (Å²) in [5, 5.41) is 12.2. The molecule has 6 nitrogen and oxygen atoms in total. The number of anilines is 1. The standard InChI is InChI=1S/C12H21ClN4O2/c1-3-5-9(6-7-18)8-14-11-15-10(13)16-12(17-11)19-4-2/h9,18H,3-8H2,1-2H3,(H,14,15,16,17). The Labute approximate surface area is 118 Å². The van der Waals surface area contributed by atoms with Gasteiger partial charge in [-0.15, -0.1) is 0 Å². The van der Waals surface area contributed by atoms with Crippen LogP contribution in [0.1, 0.15) is 33.1 Å². The first-order valence-corrected chi connectivity index (χ1v) is 6.96. The molecule has 2 N–H and O–H groups in total. The Morgan fingerprint density at radius 2 is 2.05 bits per heavy atom. The molecule has 0 saturated heterocycles. The fourth-order valence-corrected chi connectivity index (χ4v) is 1.93. The van der Waals surface area contributed by atoms with Gasteiger partial charge in [0.25, 0.3) is 0 Å². The third kappa shape index (κ3) is 6.02. The minimum Gasteiger partial charge on any atom is -0.464 e. The summed E-state index contributed by atoms with van der Waals surface area (Å²) < 4.78 is 5.20. The van der Waals surface area contributed by atoms with Gasteiger partial charge in [-0.1, -0.05) is 13.3 Å². The molecule has 1 unspecified atom stereocenters. The van der Waals surface area contributed by atoms with Crippen LogP contribution in [0.15, 0.2) is 0 Å². The van der Waals surface area contributed by atoms with Crippen molar-refractivity contribution in [3.05, 3.63) is 5.28 Å². The molecule has 1 rings (SSSR count). The second kappa shape index (κ2) is 8.87. The first-order valence-electron chi connectivity index (χ1n) is 6.58. The van der Waals surface area contributed by atoms with Gasteiger partial charge < -0.3 is 15.2 Å². The lowest BCUT2D eigenvalue weighted by molar-refractivity contribution is 0.255. The van der Waals surface area contributed by atoms with Gasteiger partial charge >= 0.3 is 6.01 Å². The van der Waals surface area contributed by atoms with E-state index in [0.717, 1.165) is 19.3 Å². The molecular formula is C12H21ClN4O2. The second-order valence-electron chi connectivity index (χ2n) is 4.19.